The Balaban J connectivity index is 2.16. The molecular weight excluding hydrogens is 300 g/mol. The lowest BCUT2D eigenvalue weighted by Crippen LogP contribution is -3.06. The van der Waals surface area contributed by atoms with Gasteiger partial charge in [-0.2, -0.15) is 0 Å². The summed E-state index contributed by atoms with van der Waals surface area (Å²) in [4.78, 5) is 6.18. The highest BCUT2D eigenvalue weighted by Crippen LogP contribution is 2.24. The van der Waals surface area contributed by atoms with Gasteiger partial charge in [-0.1, -0.05) is 30.3 Å². The number of nitrogens with one attached hydrogen (secondary N) is 1. The zero-order chi connectivity index (χ0) is 16.9. The van der Waals surface area contributed by atoms with Crippen molar-refractivity contribution in [3.8, 4) is 17.1 Å². The lowest BCUT2D eigenvalue weighted by Gasteiger charge is -2.07. The van der Waals surface area contributed by atoms with Gasteiger partial charge >= 0.3 is 0 Å². The average Bonchev–Trinajstić information content (AvgIpc) is 2.61. The van der Waals surface area contributed by atoms with Crippen molar-refractivity contribution in [3.05, 3.63) is 60.0 Å². The summed E-state index contributed by atoms with van der Waals surface area (Å²) >= 11 is 0. The SMILES string of the molecule is COc1ccc2oc(-c3ccccc3)cc(=NCC[NH+](C)C)c2c1. The molecule has 0 aliphatic rings. The van der Waals surface area contributed by atoms with Gasteiger partial charge in [0.25, 0.3) is 0 Å². The van der Waals surface area contributed by atoms with E-state index in [1.807, 2.05) is 54.6 Å². The maximum Gasteiger partial charge on any atom is 0.137 e. The largest absolute Gasteiger partial charge is 0.497 e. The maximum atomic E-state index is 6.09. The molecule has 4 heteroatoms. The average molecular weight is 323 g/mol. The molecule has 0 fully saturated rings. The molecule has 2 aromatic carbocycles. The van der Waals surface area contributed by atoms with E-state index in [9.17, 15) is 0 Å². The van der Waals surface area contributed by atoms with Gasteiger partial charge in [-0.25, -0.2) is 0 Å². The summed E-state index contributed by atoms with van der Waals surface area (Å²) in [6.07, 6.45) is 0. The van der Waals surface area contributed by atoms with Crippen molar-refractivity contribution < 1.29 is 14.1 Å². The number of rotatable bonds is 5. The number of hydrogen-bond acceptors (Lipinski definition) is 3. The van der Waals surface area contributed by atoms with Gasteiger partial charge in [-0.15, -0.1) is 0 Å². The Morgan fingerprint density at radius 1 is 1.04 bits per heavy atom. The van der Waals surface area contributed by atoms with E-state index in [4.69, 9.17) is 14.1 Å². The van der Waals surface area contributed by atoms with Crippen LogP contribution < -0.4 is 15.0 Å². The zero-order valence-corrected chi connectivity index (χ0v) is 14.4. The van der Waals surface area contributed by atoms with Gasteiger partial charge in [0.05, 0.1) is 39.7 Å². The molecule has 1 aromatic heterocycles. The molecule has 1 N–H and O–H groups in total. The lowest BCUT2D eigenvalue weighted by molar-refractivity contribution is -0.856. The quantitative estimate of drug-likeness (QED) is 0.781. The highest BCUT2D eigenvalue weighted by Gasteiger charge is 2.07. The monoisotopic (exact) mass is 323 g/mol. The highest BCUT2D eigenvalue weighted by atomic mass is 16.5. The molecule has 3 aromatic rings. The Labute approximate surface area is 142 Å². The van der Waals surface area contributed by atoms with E-state index in [0.29, 0.717) is 0 Å². The molecule has 0 aliphatic carbocycles. The highest BCUT2D eigenvalue weighted by molar-refractivity contribution is 5.80. The van der Waals surface area contributed by atoms with E-state index in [1.165, 1.54) is 4.90 Å². The number of benzene rings is 2. The molecule has 0 atom stereocenters. The fraction of sp³-hybridized carbons (Fsp3) is 0.250. The number of nitrogens with zero attached hydrogens (tertiary/aromatic N) is 1. The van der Waals surface area contributed by atoms with Crippen molar-refractivity contribution in [3.63, 3.8) is 0 Å². The summed E-state index contributed by atoms with van der Waals surface area (Å²) < 4.78 is 11.4. The van der Waals surface area contributed by atoms with Crippen molar-refractivity contribution in [1.82, 2.24) is 0 Å². The zero-order valence-electron chi connectivity index (χ0n) is 14.4. The molecule has 0 unspecified atom stereocenters. The van der Waals surface area contributed by atoms with Crippen LogP contribution in [0.2, 0.25) is 0 Å². The molecular formula is C20H23N2O2+. The van der Waals surface area contributed by atoms with Crippen LogP contribution in [-0.4, -0.2) is 34.3 Å². The van der Waals surface area contributed by atoms with Gasteiger partial charge in [-0.05, 0) is 18.2 Å². The summed E-state index contributed by atoms with van der Waals surface area (Å²) in [7, 11) is 5.93. The number of ether oxygens (including phenoxy) is 1. The standard InChI is InChI=1S/C20H22N2O2/c1-22(2)12-11-21-18-14-20(15-7-5-4-6-8-15)24-19-10-9-16(23-3)13-17(18)19/h4-10,13-14H,11-12H2,1-3H3/p+1. The second-order valence-electron chi connectivity index (χ2n) is 6.06. The molecule has 24 heavy (non-hydrogen) atoms. The Morgan fingerprint density at radius 2 is 1.83 bits per heavy atom. The summed E-state index contributed by atoms with van der Waals surface area (Å²) in [6, 6.07) is 18.0. The van der Waals surface area contributed by atoms with Crippen molar-refractivity contribution in [2.45, 2.75) is 0 Å². The van der Waals surface area contributed by atoms with Crippen molar-refractivity contribution in [2.75, 3.05) is 34.3 Å². The molecule has 1 heterocycles. The Morgan fingerprint density at radius 3 is 2.54 bits per heavy atom. The molecule has 0 saturated carbocycles. The van der Waals surface area contributed by atoms with Gasteiger partial charge in [0.2, 0.25) is 0 Å². The molecule has 0 aliphatic heterocycles. The van der Waals surface area contributed by atoms with Crippen molar-refractivity contribution >= 4 is 11.0 Å². The van der Waals surface area contributed by atoms with E-state index < -0.39 is 0 Å². The summed E-state index contributed by atoms with van der Waals surface area (Å²) in [5, 5.41) is 1.91. The minimum absolute atomic E-state index is 0.771. The molecule has 0 bridgehead atoms. The van der Waals surface area contributed by atoms with Crippen LogP contribution >= 0.6 is 0 Å². The number of likely N-dealkylation sites (N-methyl/N-ethyl adjacent to an activating group) is 1. The van der Waals surface area contributed by atoms with Gasteiger partial charge in [0.1, 0.15) is 17.1 Å². The fourth-order valence-electron chi connectivity index (χ4n) is 2.55. The molecule has 0 amide bonds. The van der Waals surface area contributed by atoms with Gasteiger partial charge in [-0.3, -0.25) is 4.99 Å². The van der Waals surface area contributed by atoms with Crippen LogP contribution in [-0.2, 0) is 0 Å². The van der Waals surface area contributed by atoms with Crippen LogP contribution in [0.3, 0.4) is 0 Å². The van der Waals surface area contributed by atoms with Gasteiger partial charge in [0.15, 0.2) is 0 Å². The number of hydrogen-bond donors (Lipinski definition) is 1. The summed E-state index contributed by atoms with van der Waals surface area (Å²) in [6.45, 7) is 1.76. The van der Waals surface area contributed by atoms with Crippen LogP contribution in [0, 0.1) is 0 Å². The first-order valence-corrected chi connectivity index (χ1v) is 8.14. The number of fused-ring (bicyclic) bond motifs is 1. The fourth-order valence-corrected chi connectivity index (χ4v) is 2.55. The Kier molecular flexibility index (Phi) is 4.96. The summed E-state index contributed by atoms with van der Waals surface area (Å²) in [5.41, 5.74) is 1.86. The molecule has 0 saturated heterocycles. The van der Waals surface area contributed by atoms with Crippen LogP contribution in [0.5, 0.6) is 5.75 Å². The van der Waals surface area contributed by atoms with Crippen LogP contribution in [0.1, 0.15) is 0 Å². The van der Waals surface area contributed by atoms with E-state index >= 15 is 0 Å². The topological polar surface area (TPSA) is 39.2 Å². The normalized spacial score (nSPS) is 12.1. The first-order chi connectivity index (χ1) is 11.7. The third-order valence-corrected chi connectivity index (χ3v) is 3.90. The van der Waals surface area contributed by atoms with Crippen molar-refractivity contribution in [2.24, 2.45) is 4.99 Å². The van der Waals surface area contributed by atoms with E-state index in [-0.39, 0.29) is 0 Å². The third-order valence-electron chi connectivity index (χ3n) is 3.90. The minimum Gasteiger partial charge on any atom is -0.497 e. The van der Waals surface area contributed by atoms with Crippen LogP contribution in [0.25, 0.3) is 22.3 Å². The lowest BCUT2D eigenvalue weighted by atomic mass is 10.1. The van der Waals surface area contributed by atoms with E-state index in [0.717, 1.165) is 46.5 Å². The molecule has 0 spiro atoms. The third kappa shape index (κ3) is 3.66. The Bertz CT molecular complexity index is 883. The second-order valence-corrected chi connectivity index (χ2v) is 6.06. The predicted molar refractivity (Wildman–Crippen MR) is 96.3 cm³/mol. The van der Waals surface area contributed by atoms with E-state index in [2.05, 4.69) is 14.1 Å². The van der Waals surface area contributed by atoms with Crippen LogP contribution in [0.15, 0.2) is 64.0 Å². The maximum absolute atomic E-state index is 6.09. The molecule has 4 nitrogen and oxygen atoms in total. The van der Waals surface area contributed by atoms with Crippen LogP contribution in [0.4, 0.5) is 0 Å². The number of methoxy groups -OCH3 is 1. The molecule has 124 valence electrons. The first-order valence-electron chi connectivity index (χ1n) is 8.14. The molecule has 0 radical (unpaired) electrons. The smallest absolute Gasteiger partial charge is 0.137 e. The van der Waals surface area contributed by atoms with Crippen molar-refractivity contribution in [1.29, 1.82) is 0 Å². The molecule has 3 rings (SSSR count). The second kappa shape index (κ2) is 7.32. The predicted octanol–water partition coefficient (Wildman–Crippen LogP) is 2.15. The summed E-state index contributed by atoms with van der Waals surface area (Å²) in [5.74, 6) is 1.63. The first kappa shape index (κ1) is 16.3. The van der Waals surface area contributed by atoms with Gasteiger partial charge < -0.3 is 14.1 Å². The Hall–Kier alpha value is -2.59. The van der Waals surface area contributed by atoms with Gasteiger partial charge in [0, 0.05) is 17.0 Å². The number of quaternary nitrogens is 1. The van der Waals surface area contributed by atoms with E-state index in [1.54, 1.807) is 7.11 Å². The minimum atomic E-state index is 0.771.